The molecule has 2 rings (SSSR count). The lowest BCUT2D eigenvalue weighted by Gasteiger charge is -2.33. The number of alkyl halides is 3. The van der Waals surface area contributed by atoms with Crippen LogP contribution in [0.3, 0.4) is 0 Å². The van der Waals surface area contributed by atoms with Crippen molar-refractivity contribution < 1.29 is 18.0 Å². The van der Waals surface area contributed by atoms with Gasteiger partial charge in [0.15, 0.2) is 0 Å². The number of carbonyl (C=O) groups is 1. The smallest absolute Gasteiger partial charge is 0.339 e. The Hall–Kier alpha value is -0.780. The molecule has 6 heteroatoms. The van der Waals surface area contributed by atoms with Crippen molar-refractivity contribution in [2.24, 2.45) is 23.5 Å². The van der Waals surface area contributed by atoms with Gasteiger partial charge in [-0.05, 0) is 45.1 Å². The molecule has 0 aromatic rings. The van der Waals surface area contributed by atoms with E-state index >= 15 is 0 Å². The summed E-state index contributed by atoms with van der Waals surface area (Å²) in [5.74, 6) is -1.58. The molecule has 116 valence electrons. The monoisotopic (exact) mass is 292 g/mol. The molecule has 1 saturated heterocycles. The van der Waals surface area contributed by atoms with Crippen LogP contribution >= 0.6 is 0 Å². The summed E-state index contributed by atoms with van der Waals surface area (Å²) in [6.45, 7) is 3.09. The van der Waals surface area contributed by atoms with Crippen LogP contribution in [0.5, 0.6) is 0 Å². The highest BCUT2D eigenvalue weighted by atomic mass is 19.4. The van der Waals surface area contributed by atoms with Crippen molar-refractivity contribution in [1.29, 1.82) is 0 Å². The van der Waals surface area contributed by atoms with E-state index in [1.807, 2.05) is 6.92 Å². The van der Waals surface area contributed by atoms with E-state index in [1.54, 1.807) is 4.90 Å². The van der Waals surface area contributed by atoms with Gasteiger partial charge in [0.25, 0.3) is 0 Å². The first-order valence-electron chi connectivity index (χ1n) is 7.40. The van der Waals surface area contributed by atoms with E-state index in [-0.39, 0.29) is 30.7 Å². The summed E-state index contributed by atoms with van der Waals surface area (Å²) >= 11 is 0. The van der Waals surface area contributed by atoms with Gasteiger partial charge in [-0.15, -0.1) is 0 Å². The molecule has 0 aromatic heterocycles. The maximum Gasteiger partial charge on any atom is 0.391 e. The second-order valence-electron chi connectivity index (χ2n) is 6.28. The largest absolute Gasteiger partial charge is 0.391 e. The number of hydrogen-bond donors (Lipinski definition) is 1. The lowest BCUT2D eigenvalue weighted by atomic mass is 9.80. The lowest BCUT2D eigenvalue weighted by molar-refractivity contribution is -0.187. The molecule has 3 nitrogen and oxygen atoms in total. The maximum atomic E-state index is 12.8. The van der Waals surface area contributed by atoms with Gasteiger partial charge in [0.05, 0.1) is 5.92 Å². The van der Waals surface area contributed by atoms with Gasteiger partial charge in [-0.1, -0.05) is 6.42 Å². The minimum atomic E-state index is -4.17. The Labute approximate surface area is 117 Å². The van der Waals surface area contributed by atoms with E-state index < -0.39 is 18.0 Å². The van der Waals surface area contributed by atoms with Crippen LogP contribution in [0.2, 0.25) is 0 Å². The first kappa shape index (κ1) is 15.6. The van der Waals surface area contributed by atoms with Crippen LogP contribution in [0.15, 0.2) is 0 Å². The third-order valence-corrected chi connectivity index (χ3v) is 4.76. The van der Waals surface area contributed by atoms with Gasteiger partial charge >= 0.3 is 6.18 Å². The molecule has 4 unspecified atom stereocenters. The van der Waals surface area contributed by atoms with Gasteiger partial charge in [-0.25, -0.2) is 0 Å². The lowest BCUT2D eigenvalue weighted by Crippen LogP contribution is -2.42. The molecular formula is C14H23F3N2O. The predicted molar refractivity (Wildman–Crippen MR) is 69.8 cm³/mol. The third kappa shape index (κ3) is 3.27. The average molecular weight is 292 g/mol. The maximum absolute atomic E-state index is 12.8. The second kappa shape index (κ2) is 5.92. The van der Waals surface area contributed by atoms with Crippen molar-refractivity contribution in [3.63, 3.8) is 0 Å². The number of carbonyl (C=O) groups excluding carboxylic acids is 1. The Morgan fingerprint density at radius 3 is 2.55 bits per heavy atom. The predicted octanol–water partition coefficient (Wildman–Crippen LogP) is 2.55. The molecule has 2 fully saturated rings. The fraction of sp³-hybridized carbons (Fsp3) is 0.929. The Kier molecular flexibility index (Phi) is 4.62. The highest BCUT2D eigenvalue weighted by Gasteiger charge is 2.45. The summed E-state index contributed by atoms with van der Waals surface area (Å²) in [7, 11) is 0. The summed E-state index contributed by atoms with van der Waals surface area (Å²) in [5, 5.41) is 0. The number of rotatable bonds is 2. The first-order chi connectivity index (χ1) is 9.32. The molecule has 1 heterocycles. The Balaban J connectivity index is 1.99. The minimum Gasteiger partial charge on any atom is -0.339 e. The molecule has 1 aliphatic carbocycles. The van der Waals surface area contributed by atoms with Gasteiger partial charge in [-0.2, -0.15) is 13.2 Å². The zero-order valence-electron chi connectivity index (χ0n) is 11.8. The van der Waals surface area contributed by atoms with Crippen LogP contribution < -0.4 is 5.73 Å². The van der Waals surface area contributed by atoms with Gasteiger partial charge in [-0.3, -0.25) is 4.79 Å². The molecule has 0 spiro atoms. The van der Waals surface area contributed by atoms with Gasteiger partial charge in [0.2, 0.25) is 5.91 Å². The molecule has 1 saturated carbocycles. The molecule has 0 aromatic carbocycles. The van der Waals surface area contributed by atoms with E-state index in [2.05, 4.69) is 0 Å². The van der Waals surface area contributed by atoms with Crippen molar-refractivity contribution in [3.05, 3.63) is 0 Å². The summed E-state index contributed by atoms with van der Waals surface area (Å²) in [6.07, 6.45) is -2.12. The van der Waals surface area contributed by atoms with E-state index in [0.29, 0.717) is 25.9 Å². The number of nitrogens with two attached hydrogens (primary N) is 1. The number of nitrogens with zero attached hydrogens (tertiary/aromatic N) is 1. The van der Waals surface area contributed by atoms with Crippen molar-refractivity contribution >= 4 is 5.91 Å². The molecule has 2 aliphatic rings. The molecule has 4 atom stereocenters. The van der Waals surface area contributed by atoms with Crippen LogP contribution in [-0.2, 0) is 4.79 Å². The van der Waals surface area contributed by atoms with E-state index in [0.717, 1.165) is 6.42 Å². The molecule has 2 N–H and O–H groups in total. The molecule has 0 radical (unpaired) electrons. The van der Waals surface area contributed by atoms with Crippen LogP contribution in [0.4, 0.5) is 13.2 Å². The van der Waals surface area contributed by atoms with Crippen molar-refractivity contribution in [2.45, 2.75) is 51.2 Å². The number of amides is 1. The van der Waals surface area contributed by atoms with Crippen LogP contribution in [0, 0.1) is 17.8 Å². The van der Waals surface area contributed by atoms with Gasteiger partial charge in [0, 0.05) is 18.5 Å². The molecule has 0 bridgehead atoms. The second-order valence-corrected chi connectivity index (χ2v) is 6.28. The topological polar surface area (TPSA) is 46.3 Å². The quantitative estimate of drug-likeness (QED) is 0.850. The zero-order valence-corrected chi connectivity index (χ0v) is 11.8. The SMILES string of the molecule is CC1CC(CN)CN1C(=O)C1CCCC(C(F)(F)F)C1. The summed E-state index contributed by atoms with van der Waals surface area (Å²) in [6, 6.07) is 0.0994. The van der Waals surface area contributed by atoms with E-state index in [1.165, 1.54) is 0 Å². The normalized spacial score (nSPS) is 35.4. The minimum absolute atomic E-state index is 0.0428. The number of hydrogen-bond acceptors (Lipinski definition) is 2. The van der Waals surface area contributed by atoms with Gasteiger partial charge < -0.3 is 10.6 Å². The Morgan fingerprint density at radius 2 is 2.00 bits per heavy atom. The molecule has 20 heavy (non-hydrogen) atoms. The highest BCUT2D eigenvalue weighted by molar-refractivity contribution is 5.79. The van der Waals surface area contributed by atoms with Crippen molar-refractivity contribution in [3.8, 4) is 0 Å². The summed E-state index contributed by atoms with van der Waals surface area (Å²) in [5.41, 5.74) is 5.63. The van der Waals surface area contributed by atoms with Gasteiger partial charge in [0.1, 0.15) is 0 Å². The number of halogens is 3. The van der Waals surface area contributed by atoms with Crippen LogP contribution in [0.1, 0.15) is 39.0 Å². The zero-order chi connectivity index (χ0) is 14.9. The third-order valence-electron chi connectivity index (χ3n) is 4.76. The van der Waals surface area contributed by atoms with Crippen molar-refractivity contribution in [1.82, 2.24) is 4.90 Å². The van der Waals surface area contributed by atoms with E-state index in [9.17, 15) is 18.0 Å². The standard InChI is InChI=1S/C14H23F3N2O/c1-9-5-10(7-18)8-19(9)13(20)11-3-2-4-12(6-11)14(15,16)17/h9-12H,2-8,18H2,1H3. The highest BCUT2D eigenvalue weighted by Crippen LogP contribution is 2.41. The van der Waals surface area contributed by atoms with Crippen LogP contribution in [-0.4, -0.2) is 36.1 Å². The first-order valence-corrected chi connectivity index (χ1v) is 7.40. The fourth-order valence-corrected chi connectivity index (χ4v) is 3.57. The molecule has 1 amide bonds. The molecule has 1 aliphatic heterocycles. The Morgan fingerprint density at radius 1 is 1.30 bits per heavy atom. The Bertz CT molecular complexity index is 359. The summed E-state index contributed by atoms with van der Waals surface area (Å²) < 4.78 is 38.4. The summed E-state index contributed by atoms with van der Waals surface area (Å²) in [4.78, 5) is 14.2. The molecular weight excluding hydrogens is 269 g/mol. The number of likely N-dealkylation sites (tertiary alicyclic amines) is 1. The fourth-order valence-electron chi connectivity index (χ4n) is 3.57. The van der Waals surface area contributed by atoms with Crippen LogP contribution in [0.25, 0.3) is 0 Å². The van der Waals surface area contributed by atoms with Crippen molar-refractivity contribution in [2.75, 3.05) is 13.1 Å². The average Bonchev–Trinajstić information content (AvgIpc) is 2.78. The van der Waals surface area contributed by atoms with E-state index in [4.69, 9.17) is 5.73 Å².